The van der Waals surface area contributed by atoms with Crippen molar-refractivity contribution < 1.29 is 14.3 Å². The van der Waals surface area contributed by atoms with E-state index < -0.39 is 0 Å². The lowest BCUT2D eigenvalue weighted by Gasteiger charge is -2.29. The van der Waals surface area contributed by atoms with E-state index in [4.69, 9.17) is 21.7 Å². The van der Waals surface area contributed by atoms with E-state index in [0.717, 1.165) is 17.7 Å². The van der Waals surface area contributed by atoms with E-state index in [2.05, 4.69) is 17.6 Å². The molecule has 124 valence electrons. The first-order valence-corrected chi connectivity index (χ1v) is 8.15. The molecule has 0 aromatic heterocycles. The SMILES string of the molecule is CCCOc1ccc([C@H]2NC(=S)NC(C)=C2C(=O)OCC)cc1. The van der Waals surface area contributed by atoms with Crippen molar-refractivity contribution in [1.82, 2.24) is 10.6 Å². The number of rotatable bonds is 6. The summed E-state index contributed by atoms with van der Waals surface area (Å²) in [5.41, 5.74) is 2.19. The number of hydrogen-bond acceptors (Lipinski definition) is 4. The molecule has 0 saturated carbocycles. The summed E-state index contributed by atoms with van der Waals surface area (Å²) in [6.45, 7) is 6.69. The Bertz CT molecular complexity index is 611. The van der Waals surface area contributed by atoms with Crippen LogP contribution >= 0.6 is 12.2 Å². The number of hydrogen-bond donors (Lipinski definition) is 2. The van der Waals surface area contributed by atoms with Crippen LogP contribution in [0, 0.1) is 0 Å². The van der Waals surface area contributed by atoms with Crippen LogP contribution in [-0.4, -0.2) is 24.3 Å². The van der Waals surface area contributed by atoms with Gasteiger partial charge in [0.05, 0.1) is 24.8 Å². The van der Waals surface area contributed by atoms with E-state index in [9.17, 15) is 4.79 Å². The van der Waals surface area contributed by atoms with Crippen LogP contribution in [-0.2, 0) is 9.53 Å². The summed E-state index contributed by atoms with van der Waals surface area (Å²) in [5.74, 6) is 0.467. The Hall–Kier alpha value is -2.08. The predicted octanol–water partition coefficient (Wildman–Crippen LogP) is 2.83. The van der Waals surface area contributed by atoms with E-state index in [1.807, 2.05) is 31.2 Å². The molecule has 0 fully saturated rings. The van der Waals surface area contributed by atoms with Crippen LogP contribution in [0.2, 0.25) is 0 Å². The first-order chi connectivity index (χ1) is 11.1. The standard InChI is InChI=1S/C17H22N2O3S/c1-4-10-22-13-8-6-12(7-9-13)15-14(16(20)21-5-2)11(3)18-17(23)19-15/h6-9,15H,4-5,10H2,1-3H3,(H2,18,19,23)/t15-/m1/s1. The highest BCUT2D eigenvalue weighted by molar-refractivity contribution is 7.80. The van der Waals surface area contributed by atoms with Gasteiger partial charge in [-0.3, -0.25) is 0 Å². The second-order valence-corrected chi connectivity index (χ2v) is 5.62. The number of ether oxygens (including phenoxy) is 2. The lowest BCUT2D eigenvalue weighted by molar-refractivity contribution is -0.139. The van der Waals surface area contributed by atoms with Crippen molar-refractivity contribution >= 4 is 23.3 Å². The van der Waals surface area contributed by atoms with Crippen LogP contribution < -0.4 is 15.4 Å². The summed E-state index contributed by atoms with van der Waals surface area (Å²) in [5, 5.41) is 6.61. The maximum Gasteiger partial charge on any atom is 0.338 e. The van der Waals surface area contributed by atoms with Gasteiger partial charge < -0.3 is 20.1 Å². The molecule has 1 aliphatic rings. The molecule has 0 radical (unpaired) electrons. The molecular weight excluding hydrogens is 312 g/mol. The van der Waals surface area contributed by atoms with Crippen molar-refractivity contribution in [1.29, 1.82) is 0 Å². The predicted molar refractivity (Wildman–Crippen MR) is 93.2 cm³/mol. The molecular formula is C17H22N2O3S. The Balaban J connectivity index is 2.28. The van der Waals surface area contributed by atoms with Crippen LogP contribution in [0.5, 0.6) is 5.75 Å². The molecule has 1 aliphatic heterocycles. The summed E-state index contributed by atoms with van der Waals surface area (Å²) in [6.07, 6.45) is 0.959. The topological polar surface area (TPSA) is 59.6 Å². The van der Waals surface area contributed by atoms with Gasteiger partial charge in [-0.2, -0.15) is 0 Å². The van der Waals surface area contributed by atoms with Gasteiger partial charge in [0.25, 0.3) is 0 Å². The summed E-state index contributed by atoms with van der Waals surface area (Å²) in [6, 6.07) is 7.33. The van der Waals surface area contributed by atoms with Crippen LogP contribution in [0.15, 0.2) is 35.5 Å². The highest BCUT2D eigenvalue weighted by Crippen LogP contribution is 2.28. The Morgan fingerprint density at radius 3 is 2.57 bits per heavy atom. The van der Waals surface area contributed by atoms with E-state index >= 15 is 0 Å². The molecule has 0 spiro atoms. The molecule has 5 nitrogen and oxygen atoms in total. The minimum atomic E-state index is -0.344. The smallest absolute Gasteiger partial charge is 0.338 e. The Morgan fingerprint density at radius 2 is 1.96 bits per heavy atom. The number of esters is 1. The summed E-state index contributed by atoms with van der Waals surface area (Å²) < 4.78 is 10.8. The molecule has 0 bridgehead atoms. The maximum absolute atomic E-state index is 12.3. The zero-order valence-corrected chi connectivity index (χ0v) is 14.5. The highest BCUT2D eigenvalue weighted by Gasteiger charge is 2.30. The molecule has 0 aliphatic carbocycles. The van der Waals surface area contributed by atoms with Gasteiger partial charge in [0.15, 0.2) is 5.11 Å². The van der Waals surface area contributed by atoms with Gasteiger partial charge in [-0.05, 0) is 50.2 Å². The van der Waals surface area contributed by atoms with Crippen molar-refractivity contribution in [3.63, 3.8) is 0 Å². The Morgan fingerprint density at radius 1 is 1.26 bits per heavy atom. The van der Waals surface area contributed by atoms with E-state index in [0.29, 0.717) is 29.6 Å². The molecule has 0 amide bonds. The van der Waals surface area contributed by atoms with Gasteiger partial charge in [0, 0.05) is 5.70 Å². The fourth-order valence-corrected chi connectivity index (χ4v) is 2.67. The highest BCUT2D eigenvalue weighted by atomic mass is 32.1. The quantitative estimate of drug-likeness (QED) is 0.616. The van der Waals surface area contributed by atoms with Crippen LogP contribution in [0.4, 0.5) is 0 Å². The minimum absolute atomic E-state index is 0.330. The van der Waals surface area contributed by atoms with Gasteiger partial charge >= 0.3 is 5.97 Å². The molecule has 2 rings (SSSR count). The number of carbonyl (C=O) groups is 1. The van der Waals surface area contributed by atoms with Gasteiger partial charge in [-0.15, -0.1) is 0 Å². The molecule has 2 N–H and O–H groups in total. The monoisotopic (exact) mass is 334 g/mol. The zero-order chi connectivity index (χ0) is 16.8. The fraction of sp³-hybridized carbons (Fsp3) is 0.412. The maximum atomic E-state index is 12.3. The average molecular weight is 334 g/mol. The summed E-state index contributed by atoms with van der Waals surface area (Å²) >= 11 is 5.21. The van der Waals surface area contributed by atoms with E-state index in [1.165, 1.54) is 0 Å². The number of carbonyl (C=O) groups excluding carboxylic acids is 1. The van der Waals surface area contributed by atoms with Gasteiger partial charge in [-0.25, -0.2) is 4.79 Å². The molecule has 1 aromatic carbocycles. The lowest BCUT2D eigenvalue weighted by atomic mass is 9.95. The summed E-state index contributed by atoms with van der Waals surface area (Å²) in [7, 11) is 0. The van der Waals surface area contributed by atoms with Crippen LogP contribution in [0.1, 0.15) is 38.8 Å². The Labute approximate surface area is 142 Å². The first kappa shape index (κ1) is 17.3. The Kier molecular flexibility index (Phi) is 5.98. The van der Waals surface area contributed by atoms with Crippen molar-refractivity contribution in [3.05, 3.63) is 41.1 Å². The lowest BCUT2D eigenvalue weighted by Crippen LogP contribution is -2.45. The fourth-order valence-electron chi connectivity index (χ4n) is 2.40. The number of benzene rings is 1. The first-order valence-electron chi connectivity index (χ1n) is 7.75. The van der Waals surface area contributed by atoms with E-state index in [-0.39, 0.29) is 12.0 Å². The number of allylic oxidation sites excluding steroid dienone is 1. The average Bonchev–Trinajstić information content (AvgIpc) is 2.52. The third-order valence-electron chi connectivity index (χ3n) is 3.45. The second-order valence-electron chi connectivity index (χ2n) is 5.21. The van der Waals surface area contributed by atoms with Gasteiger partial charge in [0.1, 0.15) is 5.75 Å². The molecule has 1 heterocycles. The molecule has 0 saturated heterocycles. The third kappa shape index (κ3) is 4.22. The molecule has 1 atom stereocenters. The molecule has 23 heavy (non-hydrogen) atoms. The largest absolute Gasteiger partial charge is 0.494 e. The van der Waals surface area contributed by atoms with Crippen molar-refractivity contribution in [2.75, 3.05) is 13.2 Å². The van der Waals surface area contributed by atoms with Crippen molar-refractivity contribution in [2.45, 2.75) is 33.2 Å². The molecule has 1 aromatic rings. The zero-order valence-electron chi connectivity index (χ0n) is 13.6. The third-order valence-corrected chi connectivity index (χ3v) is 3.67. The molecule has 6 heteroatoms. The van der Waals surface area contributed by atoms with Gasteiger partial charge in [0.2, 0.25) is 0 Å². The second kappa shape index (κ2) is 7.97. The van der Waals surface area contributed by atoms with Gasteiger partial charge in [-0.1, -0.05) is 19.1 Å². The number of nitrogens with one attached hydrogen (secondary N) is 2. The molecule has 0 unspecified atom stereocenters. The van der Waals surface area contributed by atoms with Crippen LogP contribution in [0.25, 0.3) is 0 Å². The minimum Gasteiger partial charge on any atom is -0.494 e. The van der Waals surface area contributed by atoms with E-state index in [1.54, 1.807) is 6.92 Å². The number of thiocarbonyl (C=S) groups is 1. The van der Waals surface area contributed by atoms with Crippen molar-refractivity contribution in [3.8, 4) is 5.75 Å². The summed E-state index contributed by atoms with van der Waals surface area (Å²) in [4.78, 5) is 12.3. The van der Waals surface area contributed by atoms with Crippen molar-refractivity contribution in [2.24, 2.45) is 0 Å². The normalized spacial score (nSPS) is 17.3. The van der Waals surface area contributed by atoms with Crippen LogP contribution in [0.3, 0.4) is 0 Å².